The molecule has 2 aliphatic rings. The van der Waals surface area contributed by atoms with E-state index in [1.54, 1.807) is 30.3 Å². The minimum Gasteiger partial charge on any atom is -0.376 e. The number of hydrogen-bond acceptors (Lipinski definition) is 4. The number of sulfonamides is 1. The van der Waals surface area contributed by atoms with Crippen LogP contribution in [-0.2, 0) is 21.2 Å². The van der Waals surface area contributed by atoms with Crippen molar-refractivity contribution in [2.75, 3.05) is 24.0 Å². The number of fused-ring (bicyclic) bond motifs is 1. The fourth-order valence-electron chi connectivity index (χ4n) is 3.80. The molecule has 8 heteroatoms. The van der Waals surface area contributed by atoms with Crippen molar-refractivity contribution in [2.24, 2.45) is 0 Å². The quantitative estimate of drug-likeness (QED) is 0.782. The molecule has 1 fully saturated rings. The molecule has 0 radical (unpaired) electrons. The van der Waals surface area contributed by atoms with Crippen LogP contribution in [0, 0.1) is 0 Å². The predicted molar refractivity (Wildman–Crippen MR) is 112 cm³/mol. The standard InChI is InChI=1S/C21H23ClN2O4S/c22-17-6-8-19(9-7-17)29(26,27)24-11-1-3-15-13-16(5-10-20(15)24)21(25)23-14-18-4-2-12-28-18/h5-10,13,18H,1-4,11-12,14H2,(H,23,25). The highest BCUT2D eigenvalue weighted by Crippen LogP contribution is 2.33. The van der Waals surface area contributed by atoms with Gasteiger partial charge in [0.1, 0.15) is 0 Å². The van der Waals surface area contributed by atoms with E-state index in [1.165, 1.54) is 16.4 Å². The molecule has 154 valence electrons. The summed E-state index contributed by atoms with van der Waals surface area (Å²) in [6.45, 7) is 1.65. The number of benzene rings is 2. The van der Waals surface area contributed by atoms with E-state index in [1.807, 2.05) is 0 Å². The van der Waals surface area contributed by atoms with E-state index in [-0.39, 0.29) is 16.9 Å². The van der Waals surface area contributed by atoms with E-state index in [4.69, 9.17) is 16.3 Å². The van der Waals surface area contributed by atoms with Crippen molar-refractivity contribution in [1.29, 1.82) is 0 Å². The first-order valence-electron chi connectivity index (χ1n) is 9.76. The van der Waals surface area contributed by atoms with Gasteiger partial charge in [-0.2, -0.15) is 0 Å². The normalized spacial score (nSPS) is 19.1. The summed E-state index contributed by atoms with van der Waals surface area (Å²) >= 11 is 5.89. The third-order valence-electron chi connectivity index (χ3n) is 5.33. The summed E-state index contributed by atoms with van der Waals surface area (Å²) in [4.78, 5) is 12.7. The Morgan fingerprint density at radius 1 is 1.17 bits per heavy atom. The van der Waals surface area contributed by atoms with E-state index < -0.39 is 10.0 Å². The predicted octanol–water partition coefficient (Wildman–Crippen LogP) is 3.39. The van der Waals surface area contributed by atoms with Crippen molar-refractivity contribution >= 4 is 33.2 Å². The van der Waals surface area contributed by atoms with Crippen LogP contribution in [-0.4, -0.2) is 40.1 Å². The fourth-order valence-corrected chi connectivity index (χ4v) is 5.47. The van der Waals surface area contributed by atoms with Gasteiger partial charge in [-0.3, -0.25) is 9.10 Å². The second-order valence-electron chi connectivity index (χ2n) is 7.32. The second-order valence-corrected chi connectivity index (χ2v) is 9.62. The molecule has 0 bridgehead atoms. The monoisotopic (exact) mass is 434 g/mol. The second kappa shape index (κ2) is 8.34. The van der Waals surface area contributed by atoms with E-state index in [0.29, 0.717) is 35.8 Å². The first-order chi connectivity index (χ1) is 13.9. The number of anilines is 1. The molecular weight excluding hydrogens is 412 g/mol. The number of aryl methyl sites for hydroxylation is 1. The molecule has 2 aromatic carbocycles. The van der Waals surface area contributed by atoms with Crippen molar-refractivity contribution < 1.29 is 17.9 Å². The fraction of sp³-hybridized carbons (Fsp3) is 0.381. The molecular formula is C21H23ClN2O4S. The summed E-state index contributed by atoms with van der Waals surface area (Å²) in [7, 11) is -3.69. The Labute approximate surface area is 175 Å². The van der Waals surface area contributed by atoms with Crippen LogP contribution in [0.5, 0.6) is 0 Å². The maximum absolute atomic E-state index is 13.1. The average molecular weight is 435 g/mol. The van der Waals surface area contributed by atoms with Crippen LogP contribution in [0.4, 0.5) is 5.69 Å². The van der Waals surface area contributed by atoms with Crippen LogP contribution in [0.15, 0.2) is 47.4 Å². The molecule has 4 rings (SSSR count). The zero-order valence-corrected chi connectivity index (χ0v) is 17.5. The molecule has 6 nitrogen and oxygen atoms in total. The largest absolute Gasteiger partial charge is 0.376 e. The number of nitrogens with zero attached hydrogens (tertiary/aromatic N) is 1. The molecule has 0 spiro atoms. The lowest BCUT2D eigenvalue weighted by molar-refractivity contribution is 0.0857. The highest BCUT2D eigenvalue weighted by atomic mass is 35.5. The Hall–Kier alpha value is -2.09. The average Bonchev–Trinajstić information content (AvgIpc) is 3.25. The van der Waals surface area contributed by atoms with Gasteiger partial charge in [-0.1, -0.05) is 11.6 Å². The van der Waals surface area contributed by atoms with Gasteiger partial charge in [0.25, 0.3) is 15.9 Å². The van der Waals surface area contributed by atoms with Gasteiger partial charge >= 0.3 is 0 Å². The SMILES string of the molecule is O=C(NCC1CCCO1)c1ccc2c(c1)CCCN2S(=O)(=O)c1ccc(Cl)cc1. The summed E-state index contributed by atoms with van der Waals surface area (Å²) in [5.74, 6) is -0.166. The number of rotatable bonds is 5. The van der Waals surface area contributed by atoms with E-state index in [0.717, 1.165) is 31.4 Å². The van der Waals surface area contributed by atoms with E-state index in [2.05, 4.69) is 5.32 Å². The van der Waals surface area contributed by atoms with Gasteiger partial charge in [-0.15, -0.1) is 0 Å². The van der Waals surface area contributed by atoms with Gasteiger partial charge in [0.2, 0.25) is 0 Å². The van der Waals surface area contributed by atoms with Crippen molar-refractivity contribution in [3.8, 4) is 0 Å². The summed E-state index contributed by atoms with van der Waals surface area (Å²) in [6.07, 6.45) is 3.49. The number of ether oxygens (including phenoxy) is 1. The highest BCUT2D eigenvalue weighted by molar-refractivity contribution is 7.92. The number of carbonyl (C=O) groups is 1. The van der Waals surface area contributed by atoms with Crippen LogP contribution >= 0.6 is 11.6 Å². The Morgan fingerprint density at radius 3 is 2.69 bits per heavy atom. The Morgan fingerprint density at radius 2 is 1.97 bits per heavy atom. The molecule has 0 aromatic heterocycles. The number of halogens is 1. The van der Waals surface area contributed by atoms with Gasteiger partial charge in [0.15, 0.2) is 0 Å². The number of amides is 1. The zero-order valence-electron chi connectivity index (χ0n) is 15.9. The Bertz CT molecular complexity index is 1000. The minimum absolute atomic E-state index is 0.0802. The van der Waals surface area contributed by atoms with Crippen LogP contribution < -0.4 is 9.62 Å². The first kappa shape index (κ1) is 20.2. The van der Waals surface area contributed by atoms with Gasteiger partial charge in [-0.25, -0.2) is 8.42 Å². The summed E-state index contributed by atoms with van der Waals surface area (Å²) in [5.41, 5.74) is 2.02. The van der Waals surface area contributed by atoms with Crippen molar-refractivity contribution in [3.63, 3.8) is 0 Å². The highest BCUT2D eigenvalue weighted by Gasteiger charge is 2.29. The Kier molecular flexibility index (Phi) is 5.81. The van der Waals surface area contributed by atoms with Gasteiger partial charge in [-0.05, 0) is 73.7 Å². The third-order valence-corrected chi connectivity index (χ3v) is 7.41. The lowest BCUT2D eigenvalue weighted by Gasteiger charge is -2.30. The molecule has 1 saturated heterocycles. The zero-order chi connectivity index (χ0) is 20.4. The van der Waals surface area contributed by atoms with Gasteiger partial charge in [0, 0.05) is 30.3 Å². The first-order valence-corrected chi connectivity index (χ1v) is 11.6. The maximum atomic E-state index is 13.1. The number of carbonyl (C=O) groups excluding carboxylic acids is 1. The number of nitrogens with one attached hydrogen (secondary N) is 1. The smallest absolute Gasteiger partial charge is 0.264 e. The van der Waals surface area contributed by atoms with Gasteiger partial charge in [0.05, 0.1) is 16.7 Å². The van der Waals surface area contributed by atoms with Crippen LogP contribution in [0.1, 0.15) is 35.2 Å². The summed E-state index contributed by atoms with van der Waals surface area (Å²) in [6, 6.07) is 11.4. The van der Waals surface area contributed by atoms with Gasteiger partial charge < -0.3 is 10.1 Å². The Balaban J connectivity index is 1.55. The van der Waals surface area contributed by atoms with Crippen LogP contribution in [0.2, 0.25) is 5.02 Å². The molecule has 0 aliphatic carbocycles. The topological polar surface area (TPSA) is 75.7 Å². The van der Waals surface area contributed by atoms with Crippen molar-refractivity contribution in [3.05, 3.63) is 58.6 Å². The molecule has 1 amide bonds. The number of hydrogen-bond donors (Lipinski definition) is 1. The van der Waals surface area contributed by atoms with Crippen LogP contribution in [0.3, 0.4) is 0 Å². The molecule has 1 N–H and O–H groups in total. The van der Waals surface area contributed by atoms with E-state index >= 15 is 0 Å². The summed E-state index contributed by atoms with van der Waals surface area (Å²) in [5, 5.41) is 3.40. The molecule has 0 saturated carbocycles. The van der Waals surface area contributed by atoms with Crippen molar-refractivity contribution in [2.45, 2.75) is 36.7 Å². The lowest BCUT2D eigenvalue weighted by Crippen LogP contribution is -2.36. The molecule has 29 heavy (non-hydrogen) atoms. The van der Waals surface area contributed by atoms with Crippen molar-refractivity contribution in [1.82, 2.24) is 5.32 Å². The minimum atomic E-state index is -3.69. The molecule has 1 atom stereocenters. The summed E-state index contributed by atoms with van der Waals surface area (Å²) < 4.78 is 33.2. The lowest BCUT2D eigenvalue weighted by atomic mass is 10.0. The van der Waals surface area contributed by atoms with Crippen LogP contribution in [0.25, 0.3) is 0 Å². The van der Waals surface area contributed by atoms with E-state index in [9.17, 15) is 13.2 Å². The molecule has 2 heterocycles. The molecule has 2 aromatic rings. The molecule has 2 aliphatic heterocycles. The third kappa shape index (κ3) is 4.27. The molecule has 1 unspecified atom stereocenters. The maximum Gasteiger partial charge on any atom is 0.264 e.